The molecule has 4 heteroatoms. The Bertz CT molecular complexity index is 609. The number of hydrogen-bond donors (Lipinski definition) is 1. The Hall–Kier alpha value is -1.26. The molecule has 2 unspecified atom stereocenters. The third-order valence-electron chi connectivity index (χ3n) is 3.96. The van der Waals surface area contributed by atoms with Gasteiger partial charge in [-0.05, 0) is 55.3 Å². The molecule has 0 radical (unpaired) electrons. The predicted molar refractivity (Wildman–Crippen MR) is 81.2 cm³/mol. The molecule has 2 atom stereocenters. The van der Waals surface area contributed by atoms with E-state index in [1.165, 1.54) is 11.6 Å². The second-order valence-corrected chi connectivity index (χ2v) is 6.08. The Balaban J connectivity index is 1.99. The zero-order valence-electron chi connectivity index (χ0n) is 11.2. The minimum Gasteiger partial charge on any atom is -0.312 e. The lowest BCUT2D eigenvalue weighted by Gasteiger charge is -2.24. The number of nitrogens with one attached hydrogen (secondary N) is 1. The number of aryl methyl sites for hydroxylation is 1. The van der Waals surface area contributed by atoms with Crippen molar-refractivity contribution in [2.75, 3.05) is 7.05 Å². The second-order valence-electron chi connectivity index (χ2n) is 5.16. The van der Waals surface area contributed by atoms with Crippen molar-refractivity contribution in [3.8, 4) is 0 Å². The van der Waals surface area contributed by atoms with E-state index < -0.39 is 0 Å². The van der Waals surface area contributed by atoms with Crippen molar-refractivity contribution in [1.29, 1.82) is 0 Å². The van der Waals surface area contributed by atoms with Gasteiger partial charge in [0.05, 0.1) is 0 Å². The molecule has 0 bridgehead atoms. The molecule has 1 aromatic heterocycles. The average molecular weight is 335 g/mol. The molecule has 0 fully saturated rings. The predicted octanol–water partition coefficient (Wildman–Crippen LogP) is 3.97. The van der Waals surface area contributed by atoms with Gasteiger partial charge in [0.25, 0.3) is 0 Å². The number of pyridine rings is 1. The Labute approximate surface area is 126 Å². The van der Waals surface area contributed by atoms with Crippen LogP contribution in [0.5, 0.6) is 0 Å². The van der Waals surface area contributed by atoms with E-state index in [4.69, 9.17) is 0 Å². The van der Waals surface area contributed by atoms with E-state index in [1.54, 1.807) is 6.07 Å². The number of benzene rings is 1. The maximum absolute atomic E-state index is 13.6. The molecule has 0 aliphatic heterocycles. The van der Waals surface area contributed by atoms with Gasteiger partial charge in [-0.3, -0.25) is 4.98 Å². The van der Waals surface area contributed by atoms with Crippen molar-refractivity contribution in [1.82, 2.24) is 10.3 Å². The Morgan fingerprint density at radius 3 is 3.00 bits per heavy atom. The van der Waals surface area contributed by atoms with Crippen LogP contribution in [-0.2, 0) is 6.42 Å². The quantitative estimate of drug-likeness (QED) is 0.918. The van der Waals surface area contributed by atoms with E-state index in [1.807, 2.05) is 25.4 Å². The highest BCUT2D eigenvalue weighted by Crippen LogP contribution is 2.40. The number of fused-ring (bicyclic) bond motifs is 1. The van der Waals surface area contributed by atoms with Crippen LogP contribution in [0.1, 0.15) is 35.2 Å². The molecule has 1 aliphatic carbocycles. The molecule has 1 aliphatic rings. The van der Waals surface area contributed by atoms with Gasteiger partial charge in [-0.15, -0.1) is 0 Å². The molecule has 0 spiro atoms. The smallest absolute Gasteiger partial charge is 0.124 e. The molecular formula is C16H16BrFN2. The van der Waals surface area contributed by atoms with Gasteiger partial charge in [0.15, 0.2) is 0 Å². The van der Waals surface area contributed by atoms with Crippen LogP contribution in [0.2, 0.25) is 0 Å². The van der Waals surface area contributed by atoms with Crippen LogP contribution in [0.25, 0.3) is 0 Å². The summed E-state index contributed by atoms with van der Waals surface area (Å²) in [5.74, 6) is 0.0822. The summed E-state index contributed by atoms with van der Waals surface area (Å²) in [6.07, 6.45) is 3.93. The van der Waals surface area contributed by atoms with Gasteiger partial charge in [0, 0.05) is 28.3 Å². The van der Waals surface area contributed by atoms with Gasteiger partial charge in [0.1, 0.15) is 5.82 Å². The number of likely N-dealkylation sites (N-methyl/N-ethyl adjacent to an activating group) is 1. The summed E-state index contributed by atoms with van der Waals surface area (Å²) in [4.78, 5) is 4.53. The summed E-state index contributed by atoms with van der Waals surface area (Å²) < 4.78 is 14.4. The second kappa shape index (κ2) is 5.62. The van der Waals surface area contributed by atoms with Crippen LogP contribution in [0, 0.1) is 5.82 Å². The molecule has 1 N–H and O–H groups in total. The van der Waals surface area contributed by atoms with E-state index in [2.05, 4.69) is 32.3 Å². The highest BCUT2D eigenvalue weighted by molar-refractivity contribution is 9.10. The van der Waals surface area contributed by atoms with Gasteiger partial charge in [0.2, 0.25) is 0 Å². The van der Waals surface area contributed by atoms with Gasteiger partial charge in [-0.2, -0.15) is 0 Å². The third-order valence-corrected chi connectivity index (χ3v) is 4.42. The lowest BCUT2D eigenvalue weighted by molar-refractivity contribution is 0.467. The Morgan fingerprint density at radius 2 is 2.25 bits per heavy atom. The number of aromatic nitrogens is 1. The monoisotopic (exact) mass is 334 g/mol. The SMILES string of the molecule is CNC(c1cc(F)cc(Br)c1)C1CCc2cccnc21. The van der Waals surface area contributed by atoms with E-state index in [0.717, 1.165) is 28.6 Å². The van der Waals surface area contributed by atoms with Crippen LogP contribution < -0.4 is 5.32 Å². The van der Waals surface area contributed by atoms with Crippen molar-refractivity contribution in [2.24, 2.45) is 0 Å². The van der Waals surface area contributed by atoms with Crippen molar-refractivity contribution in [3.63, 3.8) is 0 Å². The first kappa shape index (κ1) is 13.7. The minimum absolute atomic E-state index is 0.0816. The highest BCUT2D eigenvalue weighted by atomic mass is 79.9. The number of hydrogen-bond acceptors (Lipinski definition) is 2. The molecule has 1 heterocycles. The number of halogens is 2. The maximum Gasteiger partial charge on any atom is 0.124 e. The topological polar surface area (TPSA) is 24.9 Å². The highest BCUT2D eigenvalue weighted by Gasteiger charge is 2.31. The summed E-state index contributed by atoms with van der Waals surface area (Å²) >= 11 is 3.37. The average Bonchev–Trinajstić information content (AvgIpc) is 2.83. The van der Waals surface area contributed by atoms with Gasteiger partial charge < -0.3 is 5.32 Å². The van der Waals surface area contributed by atoms with Crippen LogP contribution in [0.3, 0.4) is 0 Å². The first-order chi connectivity index (χ1) is 9.69. The molecule has 0 saturated heterocycles. The number of nitrogens with zero attached hydrogens (tertiary/aromatic N) is 1. The van der Waals surface area contributed by atoms with Crippen molar-refractivity contribution in [3.05, 3.63) is 63.6 Å². The fourth-order valence-electron chi connectivity index (χ4n) is 3.12. The molecule has 2 aromatic rings. The Kier molecular flexibility index (Phi) is 3.85. The minimum atomic E-state index is -0.214. The van der Waals surface area contributed by atoms with Gasteiger partial charge in [-0.1, -0.05) is 22.0 Å². The summed E-state index contributed by atoms with van der Waals surface area (Å²) in [5.41, 5.74) is 3.42. The van der Waals surface area contributed by atoms with Crippen molar-refractivity contribution >= 4 is 15.9 Å². The van der Waals surface area contributed by atoms with Gasteiger partial charge >= 0.3 is 0 Å². The van der Waals surface area contributed by atoms with Crippen LogP contribution in [0.15, 0.2) is 41.0 Å². The van der Waals surface area contributed by atoms with Crippen LogP contribution in [-0.4, -0.2) is 12.0 Å². The lowest BCUT2D eigenvalue weighted by atomic mass is 9.91. The van der Waals surface area contributed by atoms with Gasteiger partial charge in [-0.25, -0.2) is 4.39 Å². The molecule has 0 saturated carbocycles. The Morgan fingerprint density at radius 1 is 1.40 bits per heavy atom. The third kappa shape index (κ3) is 2.50. The van der Waals surface area contributed by atoms with Crippen LogP contribution >= 0.6 is 15.9 Å². The van der Waals surface area contributed by atoms with Crippen LogP contribution in [0.4, 0.5) is 4.39 Å². The van der Waals surface area contributed by atoms with E-state index in [9.17, 15) is 4.39 Å². The number of rotatable bonds is 3. The van der Waals surface area contributed by atoms with E-state index >= 15 is 0 Å². The lowest BCUT2D eigenvalue weighted by Crippen LogP contribution is -2.23. The van der Waals surface area contributed by atoms with E-state index in [-0.39, 0.29) is 11.9 Å². The largest absolute Gasteiger partial charge is 0.312 e. The first-order valence-electron chi connectivity index (χ1n) is 6.76. The maximum atomic E-state index is 13.6. The summed E-state index contributed by atoms with van der Waals surface area (Å²) in [5, 5.41) is 3.33. The van der Waals surface area contributed by atoms with Crippen molar-refractivity contribution < 1.29 is 4.39 Å². The fraction of sp³-hybridized carbons (Fsp3) is 0.312. The molecule has 104 valence electrons. The summed E-state index contributed by atoms with van der Waals surface area (Å²) in [6.45, 7) is 0. The zero-order valence-corrected chi connectivity index (χ0v) is 12.8. The van der Waals surface area contributed by atoms with E-state index in [0.29, 0.717) is 5.92 Å². The molecule has 0 amide bonds. The molecule has 2 nitrogen and oxygen atoms in total. The van der Waals surface area contributed by atoms with Crippen molar-refractivity contribution in [2.45, 2.75) is 24.8 Å². The fourth-order valence-corrected chi connectivity index (χ4v) is 3.61. The molecule has 20 heavy (non-hydrogen) atoms. The molecule has 1 aromatic carbocycles. The molecule has 3 rings (SSSR count). The standard InChI is InChI=1S/C16H16BrFN2/c1-19-15(11-7-12(17)9-13(18)8-11)14-5-4-10-3-2-6-20-16(10)14/h2-3,6-9,14-15,19H,4-5H2,1H3. The zero-order chi connectivity index (χ0) is 14.1. The summed E-state index contributed by atoms with van der Waals surface area (Å²) in [6, 6.07) is 9.26. The first-order valence-corrected chi connectivity index (χ1v) is 7.55. The molecular weight excluding hydrogens is 319 g/mol. The summed E-state index contributed by atoms with van der Waals surface area (Å²) in [7, 11) is 1.92. The normalized spacial score (nSPS) is 18.9.